The Morgan fingerprint density at radius 3 is 1.25 bits per heavy atom. The molecule has 0 N–H and O–H groups in total. The van der Waals surface area contributed by atoms with Crippen LogP contribution in [0.1, 0.15) is 0 Å². The summed E-state index contributed by atoms with van der Waals surface area (Å²) in [4.78, 5) is 36.6. The van der Waals surface area contributed by atoms with Crippen molar-refractivity contribution in [2.24, 2.45) is 0 Å². The van der Waals surface area contributed by atoms with Gasteiger partial charge in [-0.1, -0.05) is 60.7 Å². The van der Waals surface area contributed by atoms with Gasteiger partial charge in [-0.05, 0) is 70.1 Å². The molecule has 0 unspecified atom stereocenters. The van der Waals surface area contributed by atoms with Crippen molar-refractivity contribution >= 4 is 43.4 Å². The van der Waals surface area contributed by atoms with Crippen LogP contribution in [0, 0.1) is 0 Å². The molecule has 0 spiro atoms. The molecule has 2 aromatic heterocycles. The van der Waals surface area contributed by atoms with E-state index in [0.29, 0.717) is 32.1 Å². The number of nitrogens with zero attached hydrogens (tertiary/aromatic N) is 4. The first-order valence-corrected chi connectivity index (χ1v) is 13.3. The van der Waals surface area contributed by atoms with Gasteiger partial charge in [0.25, 0.3) is 11.1 Å². The standard InChI is InChI=1S/C28H18N4O2S2/c33-25-21-15-7-9-17-23(21)29-27(31(25)19-11-3-1-4-12-19)35-36-28-30-24-18-10-8-16-22(24)26(34)32(28)20-13-5-2-6-14-20/h1-18H. The molecule has 8 heteroatoms. The molecule has 36 heavy (non-hydrogen) atoms. The van der Waals surface area contributed by atoms with E-state index in [1.807, 2.05) is 97.1 Å². The van der Waals surface area contributed by atoms with E-state index in [9.17, 15) is 9.59 Å². The minimum atomic E-state index is -0.151. The van der Waals surface area contributed by atoms with Gasteiger partial charge in [-0.2, -0.15) is 0 Å². The van der Waals surface area contributed by atoms with Crippen LogP contribution in [-0.2, 0) is 0 Å². The van der Waals surface area contributed by atoms with Crippen molar-refractivity contribution in [3.8, 4) is 11.4 Å². The maximum atomic E-state index is 13.5. The lowest BCUT2D eigenvalue weighted by molar-refractivity contribution is 0.818. The summed E-state index contributed by atoms with van der Waals surface area (Å²) in [7, 11) is 2.59. The summed E-state index contributed by atoms with van der Waals surface area (Å²) in [5.74, 6) is 0. The molecule has 0 amide bonds. The van der Waals surface area contributed by atoms with Gasteiger partial charge < -0.3 is 0 Å². The van der Waals surface area contributed by atoms with Crippen molar-refractivity contribution in [3.05, 3.63) is 130 Å². The maximum absolute atomic E-state index is 13.5. The van der Waals surface area contributed by atoms with Crippen molar-refractivity contribution in [3.63, 3.8) is 0 Å². The van der Waals surface area contributed by atoms with Crippen LogP contribution in [-0.4, -0.2) is 19.1 Å². The van der Waals surface area contributed by atoms with Crippen LogP contribution < -0.4 is 11.1 Å². The molecule has 0 saturated carbocycles. The summed E-state index contributed by atoms with van der Waals surface area (Å²) in [5.41, 5.74) is 2.37. The van der Waals surface area contributed by atoms with Crippen LogP contribution in [0.15, 0.2) is 129 Å². The second-order valence-corrected chi connectivity index (χ2v) is 10.0. The van der Waals surface area contributed by atoms with Crippen molar-refractivity contribution in [1.82, 2.24) is 19.1 Å². The molecule has 0 radical (unpaired) electrons. The topological polar surface area (TPSA) is 69.8 Å². The van der Waals surface area contributed by atoms with Gasteiger partial charge in [0.15, 0.2) is 10.3 Å². The summed E-state index contributed by atoms with van der Waals surface area (Å²) in [6.45, 7) is 0. The maximum Gasteiger partial charge on any atom is 0.266 e. The Kier molecular flexibility index (Phi) is 5.88. The molecular formula is C28H18N4O2S2. The van der Waals surface area contributed by atoms with Gasteiger partial charge in [0.2, 0.25) is 0 Å². The predicted molar refractivity (Wildman–Crippen MR) is 146 cm³/mol. The summed E-state index contributed by atoms with van der Waals surface area (Å²) in [6.07, 6.45) is 0. The molecule has 0 aliphatic heterocycles. The third kappa shape index (κ3) is 4.00. The highest BCUT2D eigenvalue weighted by molar-refractivity contribution is 8.76. The fraction of sp³-hybridized carbons (Fsp3) is 0. The first kappa shape index (κ1) is 22.3. The fourth-order valence-corrected chi connectivity index (χ4v) is 6.08. The van der Waals surface area contributed by atoms with E-state index in [1.165, 1.54) is 21.6 Å². The van der Waals surface area contributed by atoms with Crippen molar-refractivity contribution in [1.29, 1.82) is 0 Å². The molecule has 0 aliphatic rings. The largest absolute Gasteiger partial charge is 0.268 e. The fourth-order valence-electron chi connectivity index (χ4n) is 4.02. The lowest BCUT2D eigenvalue weighted by Gasteiger charge is -2.15. The molecule has 6 rings (SSSR count). The number of rotatable bonds is 5. The Hall–Kier alpha value is -4.14. The molecular weight excluding hydrogens is 488 g/mol. The van der Waals surface area contributed by atoms with Gasteiger partial charge in [-0.3, -0.25) is 18.7 Å². The molecule has 2 heterocycles. The third-order valence-electron chi connectivity index (χ3n) is 5.71. The van der Waals surface area contributed by atoms with Crippen LogP contribution in [0.25, 0.3) is 33.2 Å². The number of para-hydroxylation sites is 4. The van der Waals surface area contributed by atoms with E-state index in [-0.39, 0.29) is 11.1 Å². The minimum Gasteiger partial charge on any atom is -0.268 e. The quantitative estimate of drug-likeness (QED) is 0.215. The molecule has 0 bridgehead atoms. The second-order valence-electron chi connectivity index (χ2n) is 7.94. The highest BCUT2D eigenvalue weighted by Crippen LogP contribution is 2.37. The van der Waals surface area contributed by atoms with Gasteiger partial charge in [0.05, 0.1) is 33.2 Å². The first-order chi connectivity index (χ1) is 17.7. The highest BCUT2D eigenvalue weighted by atomic mass is 33.1. The van der Waals surface area contributed by atoms with E-state index >= 15 is 0 Å². The van der Waals surface area contributed by atoms with Crippen molar-refractivity contribution in [2.45, 2.75) is 10.3 Å². The van der Waals surface area contributed by atoms with Crippen LogP contribution in [0.5, 0.6) is 0 Å². The average molecular weight is 507 g/mol. The lowest BCUT2D eigenvalue weighted by Crippen LogP contribution is -2.22. The molecule has 0 atom stereocenters. The monoisotopic (exact) mass is 506 g/mol. The lowest BCUT2D eigenvalue weighted by atomic mass is 10.2. The van der Waals surface area contributed by atoms with E-state index in [1.54, 1.807) is 21.3 Å². The number of aromatic nitrogens is 4. The predicted octanol–water partition coefficient (Wildman–Crippen LogP) is 5.88. The molecule has 0 saturated heterocycles. The Balaban J connectivity index is 1.52. The molecule has 4 aromatic carbocycles. The molecule has 0 aliphatic carbocycles. The Morgan fingerprint density at radius 1 is 0.472 bits per heavy atom. The molecule has 6 nitrogen and oxygen atoms in total. The summed E-state index contributed by atoms with van der Waals surface area (Å²) in [5, 5.41) is 2.08. The van der Waals surface area contributed by atoms with Crippen molar-refractivity contribution in [2.75, 3.05) is 0 Å². The normalized spacial score (nSPS) is 11.2. The zero-order valence-electron chi connectivity index (χ0n) is 18.8. The van der Waals surface area contributed by atoms with Gasteiger partial charge >= 0.3 is 0 Å². The molecule has 6 aromatic rings. The van der Waals surface area contributed by atoms with Crippen LogP contribution in [0.2, 0.25) is 0 Å². The molecule has 174 valence electrons. The molecule has 0 fully saturated rings. The Labute approximate surface area is 213 Å². The van der Waals surface area contributed by atoms with Gasteiger partial charge in [-0.15, -0.1) is 0 Å². The Bertz CT molecular complexity index is 1700. The number of fused-ring (bicyclic) bond motifs is 2. The summed E-state index contributed by atoms with van der Waals surface area (Å²) < 4.78 is 3.21. The minimum absolute atomic E-state index is 0.151. The van der Waals surface area contributed by atoms with Crippen molar-refractivity contribution < 1.29 is 0 Å². The smallest absolute Gasteiger partial charge is 0.266 e. The Morgan fingerprint density at radius 2 is 0.833 bits per heavy atom. The first-order valence-electron chi connectivity index (χ1n) is 11.2. The number of hydrogen-bond donors (Lipinski definition) is 0. The number of benzene rings is 4. The van der Waals surface area contributed by atoms with E-state index < -0.39 is 0 Å². The van der Waals surface area contributed by atoms with Gasteiger partial charge in [0.1, 0.15) is 0 Å². The summed E-state index contributed by atoms with van der Waals surface area (Å²) >= 11 is 0. The second kappa shape index (κ2) is 9.49. The highest BCUT2D eigenvalue weighted by Gasteiger charge is 2.18. The average Bonchev–Trinajstić information content (AvgIpc) is 2.93. The zero-order chi connectivity index (χ0) is 24.5. The van der Waals surface area contributed by atoms with Gasteiger partial charge in [-0.25, -0.2) is 9.97 Å². The number of hydrogen-bond acceptors (Lipinski definition) is 6. The van der Waals surface area contributed by atoms with E-state index in [2.05, 4.69) is 0 Å². The van der Waals surface area contributed by atoms with Crippen LogP contribution in [0.4, 0.5) is 0 Å². The van der Waals surface area contributed by atoms with Crippen LogP contribution >= 0.6 is 21.6 Å². The zero-order valence-corrected chi connectivity index (χ0v) is 20.4. The third-order valence-corrected chi connectivity index (χ3v) is 7.78. The van der Waals surface area contributed by atoms with E-state index in [0.717, 1.165) is 11.4 Å². The SMILES string of the molecule is O=c1c2ccccc2nc(SSc2nc3ccccc3c(=O)n2-c2ccccc2)n1-c1ccccc1. The van der Waals surface area contributed by atoms with Crippen LogP contribution in [0.3, 0.4) is 0 Å². The van der Waals surface area contributed by atoms with Gasteiger partial charge in [0, 0.05) is 0 Å². The summed E-state index contributed by atoms with van der Waals surface area (Å²) in [6, 6.07) is 33.5. The van der Waals surface area contributed by atoms with E-state index in [4.69, 9.17) is 9.97 Å².